The van der Waals surface area contributed by atoms with Crippen LogP contribution in [-0.4, -0.2) is 33.7 Å². The molecule has 0 saturated carbocycles. The van der Waals surface area contributed by atoms with Gasteiger partial charge in [0.25, 0.3) is 0 Å². The van der Waals surface area contributed by atoms with E-state index >= 15 is 0 Å². The van der Waals surface area contributed by atoms with E-state index in [4.69, 9.17) is 11.6 Å². The Morgan fingerprint density at radius 3 is 2.81 bits per heavy atom. The number of hydrogen-bond donors (Lipinski definition) is 1. The molecule has 3 nitrogen and oxygen atoms in total. The van der Waals surface area contributed by atoms with Crippen molar-refractivity contribution in [3.63, 3.8) is 0 Å². The molecule has 0 spiro atoms. The second kappa shape index (κ2) is 4.70. The molecule has 88 valence electrons. The number of hydrogen-bond acceptors (Lipinski definition) is 3. The number of nitrogens with zero attached hydrogens (tertiary/aromatic N) is 2. The summed E-state index contributed by atoms with van der Waals surface area (Å²) in [7, 11) is 0. The van der Waals surface area contributed by atoms with Gasteiger partial charge in [0.05, 0.1) is 10.6 Å². The van der Waals surface area contributed by atoms with Crippen molar-refractivity contribution >= 4 is 11.6 Å². The zero-order chi connectivity index (χ0) is 11.6. The van der Waals surface area contributed by atoms with Crippen LogP contribution < -0.4 is 0 Å². The van der Waals surface area contributed by atoms with E-state index in [-0.39, 0.29) is 0 Å². The van der Waals surface area contributed by atoms with Gasteiger partial charge in [0.15, 0.2) is 0 Å². The Morgan fingerprint density at radius 2 is 2.19 bits per heavy atom. The van der Waals surface area contributed by atoms with Crippen LogP contribution >= 0.6 is 11.6 Å². The summed E-state index contributed by atoms with van der Waals surface area (Å²) in [5.41, 5.74) is 0.622. The Bertz CT molecular complexity index is 358. The third-order valence-electron chi connectivity index (χ3n) is 3.18. The number of aromatic nitrogens is 1. The first-order valence-electron chi connectivity index (χ1n) is 5.60. The van der Waals surface area contributed by atoms with E-state index in [9.17, 15) is 5.11 Å². The first-order valence-corrected chi connectivity index (χ1v) is 5.98. The molecule has 1 aliphatic heterocycles. The molecule has 1 N–H and O–H groups in total. The smallest absolute Gasteiger partial charge is 0.0644 e. The van der Waals surface area contributed by atoms with Crippen molar-refractivity contribution in [1.29, 1.82) is 0 Å². The monoisotopic (exact) mass is 240 g/mol. The molecule has 0 atom stereocenters. The molecule has 0 radical (unpaired) electrons. The van der Waals surface area contributed by atoms with Crippen LogP contribution in [0.5, 0.6) is 0 Å². The summed E-state index contributed by atoms with van der Waals surface area (Å²) >= 11 is 6.06. The number of rotatable bonds is 2. The van der Waals surface area contributed by atoms with Crippen LogP contribution in [0.2, 0.25) is 5.02 Å². The van der Waals surface area contributed by atoms with Crippen LogP contribution in [0.4, 0.5) is 0 Å². The minimum absolute atomic E-state index is 0.488. The molecule has 2 heterocycles. The molecule has 0 amide bonds. The minimum Gasteiger partial charge on any atom is -0.390 e. The molecule has 1 aliphatic rings. The molecule has 1 saturated heterocycles. The first kappa shape index (κ1) is 11.8. The van der Waals surface area contributed by atoms with Crippen molar-refractivity contribution < 1.29 is 5.11 Å². The Morgan fingerprint density at radius 1 is 1.50 bits per heavy atom. The average molecular weight is 241 g/mol. The Hall–Kier alpha value is -0.640. The maximum absolute atomic E-state index is 9.85. The molecule has 0 bridgehead atoms. The Kier molecular flexibility index (Phi) is 3.47. The van der Waals surface area contributed by atoms with E-state index in [1.54, 1.807) is 12.4 Å². The second-order valence-corrected chi connectivity index (χ2v) is 5.15. The number of pyridine rings is 1. The predicted molar refractivity (Wildman–Crippen MR) is 64.4 cm³/mol. The largest absolute Gasteiger partial charge is 0.390 e. The van der Waals surface area contributed by atoms with E-state index in [1.807, 2.05) is 13.0 Å². The fraction of sp³-hybridized carbons (Fsp3) is 0.583. The van der Waals surface area contributed by atoms with E-state index in [1.165, 1.54) is 0 Å². The van der Waals surface area contributed by atoms with E-state index < -0.39 is 5.60 Å². The summed E-state index contributed by atoms with van der Waals surface area (Å²) < 4.78 is 0. The second-order valence-electron chi connectivity index (χ2n) is 4.74. The fourth-order valence-corrected chi connectivity index (χ4v) is 2.15. The highest BCUT2D eigenvalue weighted by atomic mass is 35.5. The van der Waals surface area contributed by atoms with Gasteiger partial charge in [-0.05, 0) is 31.4 Å². The maximum atomic E-state index is 9.85. The molecule has 4 heteroatoms. The molecule has 0 unspecified atom stereocenters. The lowest BCUT2D eigenvalue weighted by atomic mass is 9.93. The highest BCUT2D eigenvalue weighted by Crippen LogP contribution is 2.23. The number of aliphatic hydroxyl groups is 1. The maximum Gasteiger partial charge on any atom is 0.0644 e. The van der Waals surface area contributed by atoms with E-state index in [2.05, 4.69) is 9.88 Å². The van der Waals surface area contributed by atoms with Gasteiger partial charge in [-0.2, -0.15) is 0 Å². The van der Waals surface area contributed by atoms with Crippen molar-refractivity contribution in [1.82, 2.24) is 9.88 Å². The number of likely N-dealkylation sites (tertiary alicyclic amines) is 1. The van der Waals surface area contributed by atoms with Gasteiger partial charge in [0.2, 0.25) is 0 Å². The van der Waals surface area contributed by atoms with Gasteiger partial charge in [-0.15, -0.1) is 0 Å². The first-order chi connectivity index (χ1) is 7.57. The van der Waals surface area contributed by atoms with Crippen LogP contribution in [0, 0.1) is 0 Å². The average Bonchev–Trinajstić information content (AvgIpc) is 2.24. The topological polar surface area (TPSA) is 36.4 Å². The predicted octanol–water partition coefficient (Wildman–Crippen LogP) is 2.08. The van der Waals surface area contributed by atoms with Crippen LogP contribution in [0.25, 0.3) is 0 Å². The molecule has 1 aromatic heterocycles. The van der Waals surface area contributed by atoms with Crippen LogP contribution in [0.1, 0.15) is 25.3 Å². The lowest BCUT2D eigenvalue weighted by Crippen LogP contribution is -2.41. The molecule has 1 aromatic rings. The summed E-state index contributed by atoms with van der Waals surface area (Å²) in [6.45, 7) is 4.60. The zero-order valence-electron chi connectivity index (χ0n) is 9.49. The van der Waals surface area contributed by atoms with Crippen LogP contribution in [0.15, 0.2) is 18.5 Å². The summed E-state index contributed by atoms with van der Waals surface area (Å²) in [6, 6.07) is 1.95. The standard InChI is InChI=1S/C12H17ClN2O/c1-12(16)3-6-15(7-4-12)9-10-2-5-14-8-11(10)13/h2,5,8,16H,3-4,6-7,9H2,1H3. The van der Waals surface area contributed by atoms with Crippen molar-refractivity contribution in [2.24, 2.45) is 0 Å². The summed E-state index contributed by atoms with van der Waals surface area (Å²) in [5, 5.41) is 10.6. The lowest BCUT2D eigenvalue weighted by Gasteiger charge is -2.35. The summed E-state index contributed by atoms with van der Waals surface area (Å²) in [4.78, 5) is 6.29. The minimum atomic E-state index is -0.488. The SMILES string of the molecule is CC1(O)CCN(Cc2ccncc2Cl)CC1. The van der Waals surface area contributed by atoms with Gasteiger partial charge in [-0.1, -0.05) is 11.6 Å². The third kappa shape index (κ3) is 2.94. The summed E-state index contributed by atoms with van der Waals surface area (Å²) in [6.07, 6.45) is 5.10. The van der Waals surface area contributed by atoms with Gasteiger partial charge in [0, 0.05) is 32.0 Å². The summed E-state index contributed by atoms with van der Waals surface area (Å²) in [5.74, 6) is 0. The van der Waals surface area contributed by atoms with E-state index in [0.717, 1.165) is 43.1 Å². The van der Waals surface area contributed by atoms with Gasteiger partial charge >= 0.3 is 0 Å². The Labute approximate surface area is 101 Å². The third-order valence-corrected chi connectivity index (χ3v) is 3.52. The molecular weight excluding hydrogens is 224 g/mol. The molecule has 1 fully saturated rings. The Balaban J connectivity index is 1.95. The van der Waals surface area contributed by atoms with E-state index in [0.29, 0.717) is 0 Å². The van der Waals surface area contributed by atoms with Crippen molar-refractivity contribution in [3.8, 4) is 0 Å². The molecule has 2 rings (SSSR count). The normalized spacial score (nSPS) is 20.9. The van der Waals surface area contributed by atoms with Crippen LogP contribution in [-0.2, 0) is 6.54 Å². The lowest BCUT2D eigenvalue weighted by molar-refractivity contribution is -0.00729. The molecule has 0 aromatic carbocycles. The number of halogens is 1. The van der Waals surface area contributed by atoms with Gasteiger partial charge in [-0.3, -0.25) is 9.88 Å². The molecular formula is C12H17ClN2O. The highest BCUT2D eigenvalue weighted by molar-refractivity contribution is 6.31. The van der Waals surface area contributed by atoms with Gasteiger partial charge in [0.1, 0.15) is 0 Å². The number of piperidine rings is 1. The zero-order valence-corrected chi connectivity index (χ0v) is 10.2. The van der Waals surface area contributed by atoms with Crippen molar-refractivity contribution in [2.45, 2.75) is 31.9 Å². The van der Waals surface area contributed by atoms with Crippen molar-refractivity contribution in [2.75, 3.05) is 13.1 Å². The quantitative estimate of drug-likeness (QED) is 0.860. The fourth-order valence-electron chi connectivity index (χ4n) is 1.97. The molecule has 16 heavy (non-hydrogen) atoms. The molecule has 0 aliphatic carbocycles. The van der Waals surface area contributed by atoms with Crippen molar-refractivity contribution in [3.05, 3.63) is 29.0 Å². The highest BCUT2D eigenvalue weighted by Gasteiger charge is 2.27. The van der Waals surface area contributed by atoms with Crippen LogP contribution in [0.3, 0.4) is 0 Å². The van der Waals surface area contributed by atoms with Gasteiger partial charge < -0.3 is 5.11 Å². The van der Waals surface area contributed by atoms with Gasteiger partial charge in [-0.25, -0.2) is 0 Å².